The molecule has 1 aromatic rings. The van der Waals surface area contributed by atoms with Gasteiger partial charge in [-0.05, 0) is 37.5 Å². The van der Waals surface area contributed by atoms with E-state index in [9.17, 15) is 9.46 Å². The number of aryl methyl sites for hydroxylation is 1. The summed E-state index contributed by atoms with van der Waals surface area (Å²) in [7, 11) is -4.01. The average molecular weight is 531 g/mol. The lowest BCUT2D eigenvalue weighted by Crippen LogP contribution is -2.31. The summed E-state index contributed by atoms with van der Waals surface area (Å²) in [6, 6.07) is 5.50. The minimum Gasteiger partial charge on any atom is -0.490 e. The Morgan fingerprint density at radius 2 is 1.53 bits per heavy atom. The standard InChI is InChI=1S/C27H47O8P/c1-3-5-6-7-8-9-10-11-12-24-13-14-26(27(21-24)36(28,29)35-4-2)34-23-25-22-32-18-17-30-15-16-31-19-20-33-25/h13-14,21,25H,3-12,15-20,22-23H2,1-2H3,(H,28,29). The van der Waals surface area contributed by atoms with Crippen molar-refractivity contribution in [3.63, 3.8) is 0 Å². The Hall–Kier alpha value is -0.990. The zero-order valence-electron chi connectivity index (χ0n) is 22.3. The van der Waals surface area contributed by atoms with Crippen molar-refractivity contribution in [2.24, 2.45) is 0 Å². The second-order valence-electron chi connectivity index (χ2n) is 9.07. The highest BCUT2D eigenvalue weighted by Gasteiger charge is 2.28. The molecule has 8 nitrogen and oxygen atoms in total. The van der Waals surface area contributed by atoms with Gasteiger partial charge >= 0.3 is 7.60 Å². The molecule has 1 N–H and O–H groups in total. The summed E-state index contributed by atoms with van der Waals surface area (Å²) in [5.74, 6) is 0.336. The van der Waals surface area contributed by atoms with E-state index in [1.807, 2.05) is 6.07 Å². The van der Waals surface area contributed by atoms with E-state index in [0.29, 0.717) is 52.0 Å². The van der Waals surface area contributed by atoms with Gasteiger partial charge in [-0.3, -0.25) is 4.57 Å². The van der Waals surface area contributed by atoms with Crippen LogP contribution in [0.1, 0.15) is 70.8 Å². The Labute approximate surface area is 217 Å². The van der Waals surface area contributed by atoms with E-state index in [4.69, 9.17) is 28.2 Å². The van der Waals surface area contributed by atoms with Gasteiger partial charge in [0.25, 0.3) is 0 Å². The molecule has 0 radical (unpaired) electrons. The molecule has 1 aliphatic rings. The number of hydrogen-bond acceptors (Lipinski definition) is 7. The van der Waals surface area contributed by atoms with Crippen LogP contribution < -0.4 is 10.0 Å². The highest BCUT2D eigenvalue weighted by atomic mass is 31.2. The molecule has 9 heteroatoms. The van der Waals surface area contributed by atoms with E-state index in [2.05, 4.69) is 6.92 Å². The maximum atomic E-state index is 13.0. The van der Waals surface area contributed by atoms with Crippen molar-refractivity contribution in [2.75, 3.05) is 59.5 Å². The van der Waals surface area contributed by atoms with Crippen LogP contribution in [0.5, 0.6) is 5.75 Å². The van der Waals surface area contributed by atoms with Gasteiger partial charge in [-0.1, -0.05) is 57.9 Å². The van der Waals surface area contributed by atoms with Crippen molar-refractivity contribution in [2.45, 2.75) is 77.7 Å². The maximum Gasteiger partial charge on any atom is 0.362 e. The molecular formula is C27H47O8P. The van der Waals surface area contributed by atoms with Crippen LogP contribution in [-0.4, -0.2) is 70.5 Å². The van der Waals surface area contributed by atoms with E-state index in [0.717, 1.165) is 24.8 Å². The molecule has 1 heterocycles. The molecule has 1 saturated heterocycles. The molecule has 36 heavy (non-hydrogen) atoms. The normalized spacial score (nSPS) is 19.7. The predicted octanol–water partition coefficient (Wildman–Crippen LogP) is 5.04. The fourth-order valence-electron chi connectivity index (χ4n) is 4.02. The molecule has 0 bridgehead atoms. The molecule has 0 aromatic heterocycles. The lowest BCUT2D eigenvalue weighted by molar-refractivity contribution is -0.0773. The fourth-order valence-corrected chi connectivity index (χ4v) is 5.26. The monoisotopic (exact) mass is 530 g/mol. The molecule has 0 spiro atoms. The van der Waals surface area contributed by atoms with Crippen LogP contribution in [0.25, 0.3) is 0 Å². The lowest BCUT2D eigenvalue weighted by atomic mass is 10.0. The highest BCUT2D eigenvalue weighted by Crippen LogP contribution is 2.44. The minimum atomic E-state index is -4.01. The van der Waals surface area contributed by atoms with E-state index < -0.39 is 7.60 Å². The SMILES string of the molecule is CCCCCCCCCCc1ccc(OCC2COCCOCCOCCO2)c(P(=O)(O)OCC)c1. The molecule has 2 atom stereocenters. The van der Waals surface area contributed by atoms with E-state index in [1.54, 1.807) is 19.1 Å². The molecule has 0 saturated carbocycles. The summed E-state index contributed by atoms with van der Waals surface area (Å²) in [4.78, 5) is 10.6. The second-order valence-corrected chi connectivity index (χ2v) is 10.8. The summed E-state index contributed by atoms with van der Waals surface area (Å²) in [6.07, 6.45) is 10.5. The van der Waals surface area contributed by atoms with E-state index in [-0.39, 0.29) is 24.6 Å². The molecule has 208 valence electrons. The number of ether oxygens (including phenoxy) is 5. The molecule has 1 aromatic carbocycles. The van der Waals surface area contributed by atoms with Gasteiger partial charge in [-0.2, -0.15) is 0 Å². The van der Waals surface area contributed by atoms with Gasteiger partial charge in [0.2, 0.25) is 0 Å². The largest absolute Gasteiger partial charge is 0.490 e. The van der Waals surface area contributed by atoms with Gasteiger partial charge in [0.05, 0.1) is 52.9 Å². The Kier molecular flexibility index (Phi) is 16.6. The molecule has 2 unspecified atom stereocenters. The molecule has 0 aliphatic carbocycles. The van der Waals surface area contributed by atoms with Crippen molar-refractivity contribution >= 4 is 12.9 Å². The molecule has 1 aliphatic heterocycles. The first kappa shape index (κ1) is 31.2. The van der Waals surface area contributed by atoms with E-state index >= 15 is 0 Å². The quantitative estimate of drug-likeness (QED) is 0.249. The van der Waals surface area contributed by atoms with Crippen molar-refractivity contribution < 1.29 is 37.7 Å². The number of rotatable bonds is 15. The van der Waals surface area contributed by atoms with E-state index in [1.165, 1.54) is 38.5 Å². The van der Waals surface area contributed by atoms with Crippen molar-refractivity contribution in [1.29, 1.82) is 0 Å². The van der Waals surface area contributed by atoms with Crippen molar-refractivity contribution in [3.05, 3.63) is 23.8 Å². The Morgan fingerprint density at radius 1 is 0.889 bits per heavy atom. The summed E-state index contributed by atoms with van der Waals surface area (Å²) >= 11 is 0. The third-order valence-corrected chi connectivity index (χ3v) is 7.57. The van der Waals surface area contributed by atoms with Crippen molar-refractivity contribution in [1.82, 2.24) is 0 Å². The van der Waals surface area contributed by atoms with Crippen molar-refractivity contribution in [3.8, 4) is 5.75 Å². The Balaban J connectivity index is 1.95. The third-order valence-electron chi connectivity index (χ3n) is 6.00. The number of benzene rings is 1. The van der Waals surface area contributed by atoms with Crippen LogP contribution in [0, 0.1) is 0 Å². The maximum absolute atomic E-state index is 13.0. The summed E-state index contributed by atoms with van der Waals surface area (Å²) < 4.78 is 46.6. The first-order valence-electron chi connectivity index (χ1n) is 13.6. The number of hydrogen-bond donors (Lipinski definition) is 1. The summed E-state index contributed by atoms with van der Waals surface area (Å²) in [5, 5.41) is 0.201. The number of unbranched alkanes of at least 4 members (excludes halogenated alkanes) is 7. The van der Waals surface area contributed by atoms with Gasteiger partial charge in [-0.15, -0.1) is 0 Å². The molecule has 2 rings (SSSR count). The van der Waals surface area contributed by atoms with Crippen LogP contribution in [0.3, 0.4) is 0 Å². The zero-order valence-corrected chi connectivity index (χ0v) is 23.2. The van der Waals surface area contributed by atoms with Gasteiger partial charge in [0, 0.05) is 0 Å². The smallest absolute Gasteiger partial charge is 0.362 e. The van der Waals surface area contributed by atoms with Crippen LogP contribution >= 0.6 is 7.60 Å². The topological polar surface area (TPSA) is 92.7 Å². The Morgan fingerprint density at radius 3 is 2.22 bits per heavy atom. The first-order chi connectivity index (χ1) is 17.6. The lowest BCUT2D eigenvalue weighted by Gasteiger charge is -2.22. The highest BCUT2D eigenvalue weighted by molar-refractivity contribution is 7.61. The van der Waals surface area contributed by atoms with Gasteiger partial charge < -0.3 is 33.1 Å². The van der Waals surface area contributed by atoms with Crippen LogP contribution in [-0.2, 0) is 34.5 Å². The second kappa shape index (κ2) is 19.1. The van der Waals surface area contributed by atoms with Gasteiger partial charge in [0.1, 0.15) is 23.8 Å². The van der Waals surface area contributed by atoms with Crippen LogP contribution in [0.4, 0.5) is 0 Å². The molecular weight excluding hydrogens is 483 g/mol. The molecule has 0 amide bonds. The molecule has 1 fully saturated rings. The van der Waals surface area contributed by atoms with Crippen LogP contribution in [0.2, 0.25) is 0 Å². The van der Waals surface area contributed by atoms with Gasteiger partial charge in [-0.25, -0.2) is 0 Å². The van der Waals surface area contributed by atoms with Crippen LogP contribution in [0.15, 0.2) is 18.2 Å². The zero-order chi connectivity index (χ0) is 25.9. The predicted molar refractivity (Wildman–Crippen MR) is 142 cm³/mol. The first-order valence-corrected chi connectivity index (χ1v) is 15.2. The summed E-state index contributed by atoms with van der Waals surface area (Å²) in [5.41, 5.74) is 1.01. The van der Waals surface area contributed by atoms with Gasteiger partial charge in [0.15, 0.2) is 0 Å². The third kappa shape index (κ3) is 13.0. The minimum absolute atomic E-state index is 0.136. The Bertz CT molecular complexity index is 732. The average Bonchev–Trinajstić information content (AvgIpc) is 2.85. The fraction of sp³-hybridized carbons (Fsp3) is 0.778. The summed E-state index contributed by atoms with van der Waals surface area (Å²) in [6.45, 7) is 7.43.